The van der Waals surface area contributed by atoms with E-state index in [0.29, 0.717) is 6.54 Å². The van der Waals surface area contributed by atoms with Gasteiger partial charge in [-0.05, 0) is 50.6 Å². The molecule has 0 radical (unpaired) electrons. The molecular formula is C20H34FN5. The van der Waals surface area contributed by atoms with Gasteiger partial charge in [-0.1, -0.05) is 19.1 Å². The fraction of sp³-hybridized carbons (Fsp3) is 0.650. The predicted molar refractivity (Wildman–Crippen MR) is 107 cm³/mol. The van der Waals surface area contributed by atoms with Crippen LogP contribution in [0.2, 0.25) is 0 Å². The normalized spacial score (nSPS) is 16.7. The third-order valence-electron chi connectivity index (χ3n) is 4.78. The lowest BCUT2D eigenvalue weighted by Crippen LogP contribution is -2.46. The molecule has 1 saturated heterocycles. The Morgan fingerprint density at radius 2 is 1.69 bits per heavy atom. The quantitative estimate of drug-likeness (QED) is 0.401. The molecular weight excluding hydrogens is 329 g/mol. The van der Waals surface area contributed by atoms with Crippen molar-refractivity contribution in [3.05, 3.63) is 35.6 Å². The largest absolute Gasteiger partial charge is 0.357 e. The molecule has 0 aliphatic carbocycles. The van der Waals surface area contributed by atoms with Crippen LogP contribution < -0.4 is 10.6 Å². The summed E-state index contributed by atoms with van der Waals surface area (Å²) >= 11 is 0. The first-order chi connectivity index (χ1) is 12.7. The lowest BCUT2D eigenvalue weighted by molar-refractivity contribution is 0.136. The molecule has 1 aromatic carbocycles. The number of unbranched alkanes of at least 4 members (excludes halogenated alkanes) is 1. The summed E-state index contributed by atoms with van der Waals surface area (Å²) in [5, 5.41) is 6.66. The number of nitrogens with one attached hydrogen (secondary N) is 2. The minimum absolute atomic E-state index is 0.209. The summed E-state index contributed by atoms with van der Waals surface area (Å²) in [5.41, 5.74) is 1.01. The van der Waals surface area contributed by atoms with E-state index in [4.69, 9.17) is 0 Å². The van der Waals surface area contributed by atoms with Crippen molar-refractivity contribution in [2.75, 3.05) is 52.4 Å². The van der Waals surface area contributed by atoms with Gasteiger partial charge < -0.3 is 20.4 Å². The molecule has 2 N–H and O–H groups in total. The highest BCUT2D eigenvalue weighted by molar-refractivity contribution is 5.79. The standard InChI is InChI=1S/C20H34FN5/c1-3-22-20(24-17-18-7-9-19(21)10-8-18)23-11-5-6-12-26-15-13-25(4-2)14-16-26/h7-10H,3-6,11-17H2,1-2H3,(H2,22,23,24). The molecule has 1 heterocycles. The van der Waals surface area contributed by atoms with Crippen LogP contribution in [-0.2, 0) is 6.54 Å². The molecule has 1 aliphatic heterocycles. The van der Waals surface area contributed by atoms with E-state index >= 15 is 0 Å². The Morgan fingerprint density at radius 3 is 2.35 bits per heavy atom. The summed E-state index contributed by atoms with van der Waals surface area (Å²) in [6, 6.07) is 6.51. The summed E-state index contributed by atoms with van der Waals surface area (Å²) < 4.78 is 13.0. The van der Waals surface area contributed by atoms with Crippen molar-refractivity contribution in [1.29, 1.82) is 0 Å². The summed E-state index contributed by atoms with van der Waals surface area (Å²) in [7, 11) is 0. The number of nitrogens with zero attached hydrogens (tertiary/aromatic N) is 3. The highest BCUT2D eigenvalue weighted by Gasteiger charge is 2.14. The molecule has 146 valence electrons. The third kappa shape index (κ3) is 7.70. The first-order valence-electron chi connectivity index (χ1n) is 9.92. The van der Waals surface area contributed by atoms with E-state index in [1.807, 2.05) is 0 Å². The third-order valence-corrected chi connectivity index (χ3v) is 4.78. The van der Waals surface area contributed by atoms with Gasteiger partial charge in [0.1, 0.15) is 5.82 Å². The zero-order valence-corrected chi connectivity index (χ0v) is 16.3. The lowest BCUT2D eigenvalue weighted by atomic mass is 10.2. The van der Waals surface area contributed by atoms with E-state index < -0.39 is 0 Å². The Balaban J connectivity index is 1.63. The zero-order chi connectivity index (χ0) is 18.6. The average Bonchev–Trinajstić information content (AvgIpc) is 2.67. The SMILES string of the molecule is CCNC(=NCc1ccc(F)cc1)NCCCCN1CCN(CC)CC1. The van der Waals surface area contributed by atoms with Crippen molar-refractivity contribution >= 4 is 5.96 Å². The van der Waals surface area contributed by atoms with Gasteiger partial charge in [0.25, 0.3) is 0 Å². The predicted octanol–water partition coefficient (Wildman–Crippen LogP) is 2.30. The highest BCUT2D eigenvalue weighted by atomic mass is 19.1. The van der Waals surface area contributed by atoms with Crippen molar-refractivity contribution in [2.24, 2.45) is 4.99 Å². The molecule has 0 unspecified atom stereocenters. The highest BCUT2D eigenvalue weighted by Crippen LogP contribution is 2.04. The minimum Gasteiger partial charge on any atom is -0.357 e. The summed E-state index contributed by atoms with van der Waals surface area (Å²) in [4.78, 5) is 9.66. The number of likely N-dealkylation sites (N-methyl/N-ethyl adjacent to an activating group) is 1. The summed E-state index contributed by atoms with van der Waals surface area (Å²) in [6.07, 6.45) is 2.34. The van der Waals surface area contributed by atoms with E-state index in [1.54, 1.807) is 12.1 Å². The van der Waals surface area contributed by atoms with Gasteiger partial charge >= 0.3 is 0 Å². The van der Waals surface area contributed by atoms with Crippen LogP contribution in [0.15, 0.2) is 29.3 Å². The zero-order valence-electron chi connectivity index (χ0n) is 16.3. The Bertz CT molecular complexity index is 524. The van der Waals surface area contributed by atoms with Crippen molar-refractivity contribution in [3.63, 3.8) is 0 Å². The second-order valence-electron chi connectivity index (χ2n) is 6.73. The van der Waals surface area contributed by atoms with Gasteiger partial charge in [-0.3, -0.25) is 0 Å². The van der Waals surface area contributed by atoms with E-state index in [2.05, 4.69) is 39.3 Å². The number of halogens is 1. The van der Waals surface area contributed by atoms with Gasteiger partial charge in [-0.25, -0.2) is 9.38 Å². The molecule has 26 heavy (non-hydrogen) atoms. The average molecular weight is 364 g/mol. The topological polar surface area (TPSA) is 42.9 Å². The molecule has 0 bridgehead atoms. The maximum Gasteiger partial charge on any atom is 0.191 e. The van der Waals surface area contributed by atoms with Crippen molar-refractivity contribution < 1.29 is 4.39 Å². The van der Waals surface area contributed by atoms with Crippen LogP contribution in [-0.4, -0.2) is 68.1 Å². The first-order valence-corrected chi connectivity index (χ1v) is 9.92. The second kappa shape index (κ2) is 11.9. The van der Waals surface area contributed by atoms with Crippen LogP contribution in [0.5, 0.6) is 0 Å². The van der Waals surface area contributed by atoms with E-state index in [-0.39, 0.29) is 5.82 Å². The summed E-state index contributed by atoms with van der Waals surface area (Å²) in [5.74, 6) is 0.618. The van der Waals surface area contributed by atoms with E-state index in [9.17, 15) is 4.39 Å². The van der Waals surface area contributed by atoms with Gasteiger partial charge in [0.05, 0.1) is 6.54 Å². The molecule has 6 heteroatoms. The molecule has 0 aromatic heterocycles. The molecule has 1 aromatic rings. The Hall–Kier alpha value is -1.66. The van der Waals surface area contributed by atoms with Crippen molar-refractivity contribution in [1.82, 2.24) is 20.4 Å². The monoisotopic (exact) mass is 363 g/mol. The number of hydrogen-bond acceptors (Lipinski definition) is 3. The Kier molecular flexibility index (Phi) is 9.42. The van der Waals surface area contributed by atoms with Gasteiger partial charge in [0, 0.05) is 39.3 Å². The lowest BCUT2D eigenvalue weighted by Gasteiger charge is -2.34. The molecule has 0 amide bonds. The van der Waals surface area contributed by atoms with E-state index in [0.717, 1.165) is 31.0 Å². The van der Waals surface area contributed by atoms with Gasteiger partial charge in [0.2, 0.25) is 0 Å². The maximum atomic E-state index is 13.0. The van der Waals surface area contributed by atoms with Crippen LogP contribution in [0.4, 0.5) is 4.39 Å². The Labute approximate surface area is 157 Å². The molecule has 0 atom stereocenters. The van der Waals surface area contributed by atoms with Gasteiger partial charge in [-0.15, -0.1) is 0 Å². The fourth-order valence-electron chi connectivity index (χ4n) is 3.10. The molecule has 1 fully saturated rings. The number of hydrogen-bond donors (Lipinski definition) is 2. The van der Waals surface area contributed by atoms with Crippen molar-refractivity contribution in [3.8, 4) is 0 Å². The molecule has 2 rings (SSSR count). The minimum atomic E-state index is -0.209. The van der Waals surface area contributed by atoms with Crippen molar-refractivity contribution in [2.45, 2.75) is 33.2 Å². The van der Waals surface area contributed by atoms with Gasteiger partial charge in [-0.2, -0.15) is 0 Å². The number of piperazine rings is 1. The van der Waals surface area contributed by atoms with Crippen LogP contribution in [0, 0.1) is 5.82 Å². The second-order valence-corrected chi connectivity index (χ2v) is 6.73. The Morgan fingerprint density at radius 1 is 1.00 bits per heavy atom. The maximum absolute atomic E-state index is 13.0. The first kappa shape index (κ1) is 20.6. The number of aliphatic imine (C=N–C) groups is 1. The molecule has 0 spiro atoms. The summed E-state index contributed by atoms with van der Waals surface area (Å²) in [6.45, 7) is 13.8. The number of guanidine groups is 1. The fourth-order valence-corrected chi connectivity index (χ4v) is 3.10. The van der Waals surface area contributed by atoms with Crippen LogP contribution in [0.1, 0.15) is 32.3 Å². The van der Waals surface area contributed by atoms with Crippen LogP contribution in [0.25, 0.3) is 0 Å². The number of rotatable bonds is 9. The number of benzene rings is 1. The molecule has 0 saturated carbocycles. The van der Waals surface area contributed by atoms with Gasteiger partial charge in [0.15, 0.2) is 5.96 Å². The van der Waals surface area contributed by atoms with E-state index in [1.165, 1.54) is 57.8 Å². The molecule has 1 aliphatic rings. The van der Waals surface area contributed by atoms with Crippen LogP contribution in [0.3, 0.4) is 0 Å². The van der Waals surface area contributed by atoms with Crippen LogP contribution >= 0.6 is 0 Å². The smallest absolute Gasteiger partial charge is 0.191 e. The molecule has 5 nitrogen and oxygen atoms in total.